The summed E-state index contributed by atoms with van der Waals surface area (Å²) in [6, 6.07) is 16.5. The Balaban J connectivity index is 1.43. The van der Waals surface area contributed by atoms with Crippen molar-refractivity contribution in [2.75, 3.05) is 29.9 Å². The number of morpholine rings is 1. The molecule has 7 nitrogen and oxygen atoms in total. The molecule has 1 fully saturated rings. The second kappa shape index (κ2) is 7.37. The molecule has 4 rings (SSSR count). The third-order valence-electron chi connectivity index (χ3n) is 4.17. The number of nitrogens with one attached hydrogen (secondary N) is 1. The first-order valence-electron chi connectivity index (χ1n) is 8.40. The first-order valence-corrected chi connectivity index (χ1v) is 8.40. The van der Waals surface area contributed by atoms with E-state index >= 15 is 0 Å². The Morgan fingerprint density at radius 2 is 1.96 bits per heavy atom. The fraction of sp³-hybridized carbons (Fsp3) is 0.211. The summed E-state index contributed by atoms with van der Waals surface area (Å²) in [6.07, 6.45) is 1.50. The van der Waals surface area contributed by atoms with Crippen LogP contribution in [0.3, 0.4) is 0 Å². The lowest BCUT2D eigenvalue weighted by atomic mass is 10.2. The molecule has 0 spiro atoms. The number of aromatic nitrogens is 2. The number of rotatable bonds is 4. The summed E-state index contributed by atoms with van der Waals surface area (Å²) < 4.78 is 11.2. The highest BCUT2D eigenvalue weighted by Crippen LogP contribution is 2.25. The highest BCUT2D eigenvalue weighted by molar-refractivity contribution is 6.02. The molecule has 26 heavy (non-hydrogen) atoms. The van der Waals surface area contributed by atoms with Crippen LogP contribution in [0.1, 0.15) is 22.4 Å². The number of hydrogen-bond acceptors (Lipinski definition) is 6. The lowest BCUT2D eigenvalue weighted by Crippen LogP contribution is -2.39. The van der Waals surface area contributed by atoms with Gasteiger partial charge in [0.25, 0.3) is 5.91 Å². The van der Waals surface area contributed by atoms with Crippen molar-refractivity contribution in [3.63, 3.8) is 0 Å². The number of ether oxygens (including phenoxy) is 1. The molecule has 1 saturated heterocycles. The van der Waals surface area contributed by atoms with Gasteiger partial charge in [-0.1, -0.05) is 18.2 Å². The largest absolute Gasteiger partial charge is 0.467 e. The lowest BCUT2D eigenvalue weighted by molar-refractivity contribution is 0.0254. The van der Waals surface area contributed by atoms with Crippen molar-refractivity contribution in [3.05, 3.63) is 72.3 Å². The maximum Gasteiger partial charge on any atom is 0.276 e. The van der Waals surface area contributed by atoms with Crippen LogP contribution < -0.4 is 10.2 Å². The summed E-state index contributed by atoms with van der Waals surface area (Å²) in [5, 5.41) is 11.1. The van der Waals surface area contributed by atoms with Crippen LogP contribution >= 0.6 is 0 Å². The van der Waals surface area contributed by atoms with Gasteiger partial charge in [-0.25, -0.2) is 0 Å². The fourth-order valence-corrected chi connectivity index (χ4v) is 2.84. The van der Waals surface area contributed by atoms with E-state index in [9.17, 15) is 4.79 Å². The number of amides is 1. The van der Waals surface area contributed by atoms with Crippen LogP contribution in [0.4, 0.5) is 11.5 Å². The Morgan fingerprint density at radius 3 is 2.69 bits per heavy atom. The molecule has 0 aliphatic carbocycles. The average Bonchev–Trinajstić information content (AvgIpc) is 3.24. The van der Waals surface area contributed by atoms with E-state index in [1.165, 1.54) is 0 Å². The molecule has 2 aromatic heterocycles. The molecular weight excluding hydrogens is 332 g/mol. The van der Waals surface area contributed by atoms with Crippen LogP contribution in [0, 0.1) is 0 Å². The number of anilines is 2. The SMILES string of the molecule is O=C(Nc1ccccc1)c1ccc(N2CCOC(c3ccco3)C2)nn1. The van der Waals surface area contributed by atoms with E-state index in [0.717, 1.165) is 11.4 Å². The van der Waals surface area contributed by atoms with Crippen LogP contribution in [-0.4, -0.2) is 35.8 Å². The molecule has 1 aliphatic rings. The van der Waals surface area contributed by atoms with E-state index in [4.69, 9.17) is 9.15 Å². The monoisotopic (exact) mass is 350 g/mol. The third kappa shape index (κ3) is 3.57. The van der Waals surface area contributed by atoms with E-state index in [0.29, 0.717) is 25.5 Å². The topological polar surface area (TPSA) is 80.5 Å². The van der Waals surface area contributed by atoms with Gasteiger partial charge in [0.05, 0.1) is 19.4 Å². The van der Waals surface area contributed by atoms with Crippen LogP contribution in [0.15, 0.2) is 65.3 Å². The van der Waals surface area contributed by atoms with E-state index in [1.54, 1.807) is 18.4 Å². The van der Waals surface area contributed by atoms with Crippen molar-refractivity contribution in [2.45, 2.75) is 6.10 Å². The molecular formula is C19H18N4O3. The van der Waals surface area contributed by atoms with Gasteiger partial charge in [-0.3, -0.25) is 4.79 Å². The molecule has 1 atom stereocenters. The summed E-state index contributed by atoms with van der Waals surface area (Å²) in [5.41, 5.74) is 0.992. The van der Waals surface area contributed by atoms with Crippen molar-refractivity contribution in [2.24, 2.45) is 0 Å². The summed E-state index contributed by atoms with van der Waals surface area (Å²) >= 11 is 0. The second-order valence-electron chi connectivity index (χ2n) is 5.92. The molecule has 1 aliphatic heterocycles. The number of para-hydroxylation sites is 1. The number of benzene rings is 1. The van der Waals surface area contributed by atoms with Gasteiger partial charge in [-0.15, -0.1) is 10.2 Å². The molecule has 0 radical (unpaired) electrons. The number of carbonyl (C=O) groups is 1. The van der Waals surface area contributed by atoms with Crippen molar-refractivity contribution < 1.29 is 13.9 Å². The van der Waals surface area contributed by atoms with Gasteiger partial charge >= 0.3 is 0 Å². The quantitative estimate of drug-likeness (QED) is 0.779. The van der Waals surface area contributed by atoms with Crippen molar-refractivity contribution in [1.29, 1.82) is 0 Å². The second-order valence-corrected chi connectivity index (χ2v) is 5.92. The standard InChI is InChI=1S/C19H18N4O3/c24-19(20-14-5-2-1-3-6-14)15-8-9-18(22-21-15)23-10-12-26-17(13-23)16-7-4-11-25-16/h1-9,11,17H,10,12-13H2,(H,20,24). The zero-order chi connectivity index (χ0) is 17.8. The van der Waals surface area contributed by atoms with Crippen LogP contribution in [0.2, 0.25) is 0 Å². The normalized spacial score (nSPS) is 17.1. The highest BCUT2D eigenvalue weighted by Gasteiger charge is 2.25. The average molecular weight is 350 g/mol. The molecule has 3 aromatic rings. The van der Waals surface area contributed by atoms with E-state index in [-0.39, 0.29) is 17.7 Å². The molecule has 1 N–H and O–H groups in total. The smallest absolute Gasteiger partial charge is 0.276 e. The maximum atomic E-state index is 12.2. The molecule has 1 amide bonds. The number of nitrogens with zero attached hydrogens (tertiary/aromatic N) is 3. The number of carbonyl (C=O) groups excluding carboxylic acids is 1. The van der Waals surface area contributed by atoms with Crippen molar-refractivity contribution in [3.8, 4) is 0 Å². The Morgan fingerprint density at radius 1 is 1.08 bits per heavy atom. The zero-order valence-corrected chi connectivity index (χ0v) is 14.0. The Labute approximate surface area is 150 Å². The molecule has 0 bridgehead atoms. The highest BCUT2D eigenvalue weighted by atomic mass is 16.5. The minimum atomic E-state index is -0.286. The van der Waals surface area contributed by atoms with Gasteiger partial charge in [-0.05, 0) is 36.4 Å². The number of furan rings is 1. The Bertz CT molecular complexity index is 850. The molecule has 7 heteroatoms. The molecule has 1 aromatic carbocycles. The lowest BCUT2D eigenvalue weighted by Gasteiger charge is -2.32. The molecule has 3 heterocycles. The van der Waals surface area contributed by atoms with Gasteiger partial charge in [0, 0.05) is 12.2 Å². The predicted octanol–water partition coefficient (Wildman–Crippen LogP) is 2.90. The summed E-state index contributed by atoms with van der Waals surface area (Å²) in [5.74, 6) is 1.22. The molecule has 132 valence electrons. The number of hydrogen-bond donors (Lipinski definition) is 1. The van der Waals surface area contributed by atoms with E-state index in [2.05, 4.69) is 20.4 Å². The van der Waals surface area contributed by atoms with Gasteiger partial charge in [0.2, 0.25) is 0 Å². The maximum absolute atomic E-state index is 12.2. The van der Waals surface area contributed by atoms with Gasteiger partial charge in [0.15, 0.2) is 11.5 Å². The first kappa shape index (κ1) is 16.3. The van der Waals surface area contributed by atoms with Crippen molar-refractivity contribution >= 4 is 17.4 Å². The minimum Gasteiger partial charge on any atom is -0.467 e. The zero-order valence-electron chi connectivity index (χ0n) is 14.0. The summed E-state index contributed by atoms with van der Waals surface area (Å²) in [6.45, 7) is 1.91. The molecule has 1 unspecified atom stereocenters. The van der Waals surface area contributed by atoms with Gasteiger partial charge in [-0.2, -0.15) is 0 Å². The molecule has 0 saturated carbocycles. The summed E-state index contributed by atoms with van der Waals surface area (Å²) in [4.78, 5) is 14.3. The minimum absolute atomic E-state index is 0.137. The third-order valence-corrected chi connectivity index (χ3v) is 4.17. The predicted molar refractivity (Wildman–Crippen MR) is 96.0 cm³/mol. The van der Waals surface area contributed by atoms with Gasteiger partial charge < -0.3 is 19.4 Å². The van der Waals surface area contributed by atoms with Gasteiger partial charge in [0.1, 0.15) is 11.9 Å². The van der Waals surface area contributed by atoms with E-state index in [1.807, 2.05) is 42.5 Å². The Kier molecular flexibility index (Phi) is 4.61. The first-order chi connectivity index (χ1) is 12.8. The van der Waals surface area contributed by atoms with E-state index < -0.39 is 0 Å². The Hall–Kier alpha value is -3.19. The summed E-state index contributed by atoms with van der Waals surface area (Å²) in [7, 11) is 0. The fourth-order valence-electron chi connectivity index (χ4n) is 2.84. The van der Waals surface area contributed by atoms with Crippen LogP contribution in [0.5, 0.6) is 0 Å². The van der Waals surface area contributed by atoms with Crippen molar-refractivity contribution in [1.82, 2.24) is 10.2 Å². The van der Waals surface area contributed by atoms with Crippen LogP contribution in [-0.2, 0) is 4.74 Å². The van der Waals surface area contributed by atoms with Crippen LogP contribution in [0.25, 0.3) is 0 Å².